The average Bonchev–Trinajstić information content (AvgIpc) is 3.11. The van der Waals surface area contributed by atoms with Crippen molar-refractivity contribution in [3.8, 4) is 0 Å². The van der Waals surface area contributed by atoms with E-state index in [1.165, 1.54) is 10.7 Å². The number of carbonyl (C=O) groups is 3. The molecule has 0 aliphatic rings. The van der Waals surface area contributed by atoms with Crippen LogP contribution in [-0.2, 0) is 16.1 Å². The maximum absolute atomic E-state index is 14.2. The fourth-order valence-corrected chi connectivity index (χ4v) is 3.51. The van der Waals surface area contributed by atoms with Crippen molar-refractivity contribution < 1.29 is 23.2 Å². The maximum Gasteiger partial charge on any atom is 0.273 e. The third-order valence-corrected chi connectivity index (χ3v) is 5.28. The summed E-state index contributed by atoms with van der Waals surface area (Å²) in [5.74, 6) is -3.00. The smallest absolute Gasteiger partial charge is 0.273 e. The summed E-state index contributed by atoms with van der Waals surface area (Å²) in [5, 5.41) is 10.2. The number of fused-ring (bicyclic) bond motifs is 1. The standard InChI is InChI=1S/C24H27F2N5O3/c1-24(2,3)21(23(34)28-11-10-19(27)32)29-22(33)20-16-6-4-5-7-18(16)31(30-20)13-14-8-9-15(25)12-17(14)26/h4-9,12,21H,10-11,13H2,1-3H3,(H2,27,32)(H,28,34)(H,29,33). The van der Waals surface area contributed by atoms with Gasteiger partial charge >= 0.3 is 0 Å². The van der Waals surface area contributed by atoms with Crippen LogP contribution in [-0.4, -0.2) is 40.1 Å². The molecule has 0 saturated heterocycles. The minimum atomic E-state index is -0.925. The van der Waals surface area contributed by atoms with E-state index in [4.69, 9.17) is 5.73 Å². The Bertz CT molecular complexity index is 1230. The predicted molar refractivity (Wildman–Crippen MR) is 123 cm³/mol. The Hall–Kier alpha value is -3.82. The van der Waals surface area contributed by atoms with E-state index >= 15 is 0 Å². The van der Waals surface area contributed by atoms with Gasteiger partial charge in [-0.05, 0) is 17.5 Å². The number of hydrogen-bond donors (Lipinski definition) is 3. The highest BCUT2D eigenvalue weighted by molar-refractivity contribution is 6.06. The van der Waals surface area contributed by atoms with Gasteiger partial charge in [0.05, 0.1) is 12.1 Å². The molecule has 10 heteroatoms. The molecule has 0 bridgehead atoms. The number of nitrogens with zero attached hydrogens (tertiary/aromatic N) is 2. The molecule has 2 aromatic carbocycles. The predicted octanol–water partition coefficient (Wildman–Crippen LogP) is 2.50. The number of halogens is 2. The molecule has 1 atom stereocenters. The first kappa shape index (κ1) is 24.8. The number of nitrogens with two attached hydrogens (primary N) is 1. The molecular formula is C24H27F2N5O3. The van der Waals surface area contributed by atoms with Crippen molar-refractivity contribution >= 4 is 28.6 Å². The van der Waals surface area contributed by atoms with Gasteiger partial charge in [0, 0.05) is 30.0 Å². The quantitative estimate of drug-likeness (QED) is 0.468. The van der Waals surface area contributed by atoms with E-state index in [0.29, 0.717) is 10.9 Å². The lowest BCUT2D eigenvalue weighted by atomic mass is 9.86. The third-order valence-electron chi connectivity index (χ3n) is 5.28. The monoisotopic (exact) mass is 471 g/mol. The second kappa shape index (κ2) is 9.98. The summed E-state index contributed by atoms with van der Waals surface area (Å²) in [4.78, 5) is 36.9. The van der Waals surface area contributed by atoms with Crippen LogP contribution >= 0.6 is 0 Å². The topological polar surface area (TPSA) is 119 Å². The number of primary amides is 1. The fraction of sp³-hybridized carbons (Fsp3) is 0.333. The van der Waals surface area contributed by atoms with E-state index < -0.39 is 40.8 Å². The lowest BCUT2D eigenvalue weighted by Gasteiger charge is -2.30. The molecule has 8 nitrogen and oxygen atoms in total. The van der Waals surface area contributed by atoms with Crippen molar-refractivity contribution in [2.75, 3.05) is 6.54 Å². The normalized spacial score (nSPS) is 12.4. The molecule has 0 spiro atoms. The highest BCUT2D eigenvalue weighted by atomic mass is 19.1. The Morgan fingerprint density at radius 1 is 1.12 bits per heavy atom. The van der Waals surface area contributed by atoms with Crippen LogP contribution in [0.4, 0.5) is 8.78 Å². The van der Waals surface area contributed by atoms with Gasteiger partial charge < -0.3 is 16.4 Å². The lowest BCUT2D eigenvalue weighted by molar-refractivity contribution is -0.125. The van der Waals surface area contributed by atoms with Gasteiger partial charge in [-0.3, -0.25) is 19.1 Å². The van der Waals surface area contributed by atoms with Crippen molar-refractivity contribution in [2.45, 2.75) is 39.8 Å². The second-order valence-corrected chi connectivity index (χ2v) is 9.04. The van der Waals surface area contributed by atoms with Crippen molar-refractivity contribution in [3.05, 3.63) is 65.4 Å². The van der Waals surface area contributed by atoms with Crippen molar-refractivity contribution in [2.24, 2.45) is 11.1 Å². The summed E-state index contributed by atoms with van der Waals surface area (Å²) >= 11 is 0. The molecule has 3 rings (SSSR count). The van der Waals surface area contributed by atoms with Gasteiger partial charge in [-0.2, -0.15) is 5.10 Å². The molecular weight excluding hydrogens is 444 g/mol. The molecule has 34 heavy (non-hydrogen) atoms. The van der Waals surface area contributed by atoms with Crippen LogP contribution in [0.2, 0.25) is 0 Å². The largest absolute Gasteiger partial charge is 0.370 e. The van der Waals surface area contributed by atoms with Crippen molar-refractivity contribution in [3.63, 3.8) is 0 Å². The molecule has 3 aromatic rings. The molecule has 1 aromatic heterocycles. The molecule has 1 heterocycles. The molecule has 0 saturated carbocycles. The molecule has 3 amide bonds. The number of benzene rings is 2. The zero-order chi connectivity index (χ0) is 25.0. The summed E-state index contributed by atoms with van der Waals surface area (Å²) in [6.07, 6.45) is -0.0223. The van der Waals surface area contributed by atoms with Gasteiger partial charge in [-0.15, -0.1) is 0 Å². The Morgan fingerprint density at radius 3 is 2.47 bits per heavy atom. The molecule has 0 aliphatic heterocycles. The summed E-state index contributed by atoms with van der Waals surface area (Å²) in [6.45, 7) is 5.41. The summed E-state index contributed by atoms with van der Waals surface area (Å²) in [7, 11) is 0. The molecule has 0 aliphatic carbocycles. The number of amides is 3. The molecule has 1 unspecified atom stereocenters. The van der Waals surface area contributed by atoms with Crippen LogP contribution in [0.25, 0.3) is 10.9 Å². The van der Waals surface area contributed by atoms with Crippen LogP contribution in [0.15, 0.2) is 42.5 Å². The van der Waals surface area contributed by atoms with Gasteiger partial charge in [0.15, 0.2) is 5.69 Å². The van der Waals surface area contributed by atoms with Gasteiger partial charge in [-0.25, -0.2) is 8.78 Å². The number of rotatable bonds is 8. The number of para-hydroxylation sites is 1. The van der Waals surface area contributed by atoms with Crippen LogP contribution in [0.5, 0.6) is 0 Å². The maximum atomic E-state index is 14.2. The fourth-order valence-electron chi connectivity index (χ4n) is 3.51. The van der Waals surface area contributed by atoms with E-state index in [1.807, 2.05) is 0 Å². The molecule has 0 radical (unpaired) electrons. The Morgan fingerprint density at radius 2 is 1.82 bits per heavy atom. The van der Waals surface area contributed by atoms with E-state index in [0.717, 1.165) is 12.1 Å². The molecule has 180 valence electrons. The number of aromatic nitrogens is 2. The zero-order valence-corrected chi connectivity index (χ0v) is 19.2. The van der Waals surface area contributed by atoms with Gasteiger partial charge in [0.1, 0.15) is 17.7 Å². The summed E-state index contributed by atoms with van der Waals surface area (Å²) < 4.78 is 28.9. The van der Waals surface area contributed by atoms with E-state index in [-0.39, 0.29) is 30.8 Å². The highest BCUT2D eigenvalue weighted by Gasteiger charge is 2.34. The first-order valence-corrected chi connectivity index (χ1v) is 10.7. The zero-order valence-electron chi connectivity index (χ0n) is 19.2. The van der Waals surface area contributed by atoms with Crippen LogP contribution in [0.1, 0.15) is 43.2 Å². The van der Waals surface area contributed by atoms with Gasteiger partial charge in [0.2, 0.25) is 11.8 Å². The van der Waals surface area contributed by atoms with E-state index in [2.05, 4.69) is 15.7 Å². The van der Waals surface area contributed by atoms with Gasteiger partial charge in [0.25, 0.3) is 5.91 Å². The highest BCUT2D eigenvalue weighted by Crippen LogP contribution is 2.23. The van der Waals surface area contributed by atoms with Crippen LogP contribution in [0, 0.1) is 17.0 Å². The van der Waals surface area contributed by atoms with E-state index in [1.54, 1.807) is 45.0 Å². The minimum absolute atomic E-state index is 0.0176. The van der Waals surface area contributed by atoms with Crippen molar-refractivity contribution in [1.82, 2.24) is 20.4 Å². The van der Waals surface area contributed by atoms with Crippen molar-refractivity contribution in [1.29, 1.82) is 0 Å². The summed E-state index contributed by atoms with van der Waals surface area (Å²) in [5.41, 5.74) is 5.32. The van der Waals surface area contributed by atoms with E-state index in [9.17, 15) is 23.2 Å². The summed E-state index contributed by atoms with van der Waals surface area (Å²) in [6, 6.07) is 9.28. The Labute approximate surface area is 195 Å². The van der Waals surface area contributed by atoms with Gasteiger partial charge in [-0.1, -0.05) is 45.0 Å². The lowest BCUT2D eigenvalue weighted by Crippen LogP contribution is -2.54. The Kier molecular flexibility index (Phi) is 7.29. The first-order valence-electron chi connectivity index (χ1n) is 10.7. The average molecular weight is 472 g/mol. The number of hydrogen-bond acceptors (Lipinski definition) is 4. The third kappa shape index (κ3) is 5.75. The molecule has 4 N–H and O–H groups in total. The van der Waals surface area contributed by atoms with Crippen LogP contribution in [0.3, 0.4) is 0 Å². The second-order valence-electron chi connectivity index (χ2n) is 9.04. The Balaban J connectivity index is 1.89. The SMILES string of the molecule is CC(C)(C)C(NC(=O)c1nn(Cc2ccc(F)cc2F)c2ccccc12)C(=O)NCCC(N)=O. The van der Waals surface area contributed by atoms with Crippen LogP contribution < -0.4 is 16.4 Å². The molecule has 0 fully saturated rings. The first-order chi connectivity index (χ1) is 16.0. The number of carbonyl (C=O) groups excluding carboxylic acids is 3. The number of nitrogens with one attached hydrogen (secondary N) is 2. The minimum Gasteiger partial charge on any atom is -0.370 e.